The highest BCUT2D eigenvalue weighted by Gasteiger charge is 2.17. The van der Waals surface area contributed by atoms with Crippen LogP contribution in [0.3, 0.4) is 0 Å². The van der Waals surface area contributed by atoms with Crippen molar-refractivity contribution in [3.63, 3.8) is 0 Å². The third-order valence-corrected chi connectivity index (χ3v) is 4.65. The summed E-state index contributed by atoms with van der Waals surface area (Å²) in [7, 11) is 2.88. The maximum Gasteiger partial charge on any atom is 0.332 e. The normalized spacial score (nSPS) is 11.1. The van der Waals surface area contributed by atoms with Gasteiger partial charge in [-0.05, 0) is 18.1 Å². The lowest BCUT2D eigenvalue weighted by Crippen LogP contribution is -2.37. The first-order valence-corrected chi connectivity index (χ1v) is 9.48. The Morgan fingerprint density at radius 2 is 1.80 bits per heavy atom. The van der Waals surface area contributed by atoms with Gasteiger partial charge in [-0.1, -0.05) is 26.0 Å². The SMILES string of the molecule is CC(C)CNC(=O)c1ccccc1NC(=O)Cn1cnc2c1c(=O)n(C)c(=O)n2C. The molecule has 0 radical (unpaired) electrons. The number of nitrogens with zero attached hydrogens (tertiary/aromatic N) is 4. The molecular formula is C20H24N6O4. The number of fused-ring (bicyclic) bond motifs is 1. The smallest absolute Gasteiger partial charge is 0.332 e. The van der Waals surface area contributed by atoms with E-state index in [9.17, 15) is 19.2 Å². The number of hydrogen-bond acceptors (Lipinski definition) is 5. The highest BCUT2D eigenvalue weighted by Crippen LogP contribution is 2.15. The Morgan fingerprint density at radius 3 is 2.50 bits per heavy atom. The van der Waals surface area contributed by atoms with Crippen molar-refractivity contribution < 1.29 is 9.59 Å². The van der Waals surface area contributed by atoms with Crippen molar-refractivity contribution in [3.8, 4) is 0 Å². The summed E-state index contributed by atoms with van der Waals surface area (Å²) in [4.78, 5) is 53.7. The highest BCUT2D eigenvalue weighted by atomic mass is 16.2. The Bertz CT molecular complexity index is 1230. The summed E-state index contributed by atoms with van der Waals surface area (Å²) >= 11 is 0. The number of amides is 2. The van der Waals surface area contributed by atoms with Crippen molar-refractivity contribution in [2.24, 2.45) is 20.0 Å². The van der Waals surface area contributed by atoms with Crippen LogP contribution in [0.2, 0.25) is 0 Å². The zero-order valence-electron chi connectivity index (χ0n) is 17.3. The van der Waals surface area contributed by atoms with Crippen LogP contribution < -0.4 is 21.9 Å². The largest absolute Gasteiger partial charge is 0.352 e. The van der Waals surface area contributed by atoms with Crippen molar-refractivity contribution in [3.05, 3.63) is 57.0 Å². The minimum atomic E-state index is -0.535. The molecule has 0 bridgehead atoms. The average molecular weight is 412 g/mol. The molecule has 0 atom stereocenters. The van der Waals surface area contributed by atoms with Crippen LogP contribution >= 0.6 is 0 Å². The van der Waals surface area contributed by atoms with Crippen LogP contribution in [0.5, 0.6) is 0 Å². The molecule has 0 unspecified atom stereocenters. The first-order valence-electron chi connectivity index (χ1n) is 9.48. The van der Waals surface area contributed by atoms with Gasteiger partial charge in [0.1, 0.15) is 6.54 Å². The molecule has 0 aliphatic heterocycles. The maximum atomic E-state index is 12.6. The molecule has 3 rings (SSSR count). The van der Waals surface area contributed by atoms with Gasteiger partial charge in [-0.25, -0.2) is 9.78 Å². The number of imidazole rings is 1. The number of benzene rings is 1. The molecule has 1 aromatic carbocycles. The molecular weight excluding hydrogens is 388 g/mol. The summed E-state index contributed by atoms with van der Waals surface area (Å²) < 4.78 is 3.60. The Hall–Kier alpha value is -3.69. The molecule has 2 heterocycles. The van der Waals surface area contributed by atoms with E-state index in [1.807, 2.05) is 13.8 Å². The summed E-state index contributed by atoms with van der Waals surface area (Å²) in [5, 5.41) is 5.54. The van der Waals surface area contributed by atoms with Gasteiger partial charge < -0.3 is 15.2 Å². The van der Waals surface area contributed by atoms with Crippen LogP contribution in [0.25, 0.3) is 11.2 Å². The van der Waals surface area contributed by atoms with Crippen LogP contribution in [0.1, 0.15) is 24.2 Å². The number of hydrogen-bond donors (Lipinski definition) is 2. The van der Waals surface area contributed by atoms with Gasteiger partial charge in [0.05, 0.1) is 17.6 Å². The number of aryl methyl sites for hydroxylation is 1. The van der Waals surface area contributed by atoms with Gasteiger partial charge >= 0.3 is 5.69 Å². The Kier molecular flexibility index (Phi) is 5.86. The van der Waals surface area contributed by atoms with E-state index in [2.05, 4.69) is 15.6 Å². The zero-order chi connectivity index (χ0) is 22.0. The molecule has 0 saturated carbocycles. The molecule has 0 spiro atoms. The van der Waals surface area contributed by atoms with Crippen molar-refractivity contribution in [2.75, 3.05) is 11.9 Å². The topological polar surface area (TPSA) is 120 Å². The number of aromatic nitrogens is 4. The average Bonchev–Trinajstić information content (AvgIpc) is 3.12. The lowest BCUT2D eigenvalue weighted by atomic mass is 10.1. The van der Waals surface area contributed by atoms with E-state index in [4.69, 9.17) is 0 Å². The fourth-order valence-electron chi connectivity index (χ4n) is 3.04. The second-order valence-corrected chi connectivity index (χ2v) is 7.45. The van der Waals surface area contributed by atoms with E-state index >= 15 is 0 Å². The summed E-state index contributed by atoms with van der Waals surface area (Å²) in [5.41, 5.74) is 0.0336. The standard InChI is InChI=1S/C20H24N6O4/c1-12(2)9-21-18(28)13-7-5-6-8-14(13)23-15(27)10-26-11-22-17-16(26)19(29)25(4)20(30)24(17)3/h5-8,11-12H,9-10H2,1-4H3,(H,21,28)(H,23,27). The van der Waals surface area contributed by atoms with Gasteiger partial charge in [-0.15, -0.1) is 0 Å². The lowest BCUT2D eigenvalue weighted by Gasteiger charge is -2.13. The van der Waals surface area contributed by atoms with Gasteiger partial charge in [0.2, 0.25) is 5.91 Å². The van der Waals surface area contributed by atoms with Gasteiger partial charge in [-0.2, -0.15) is 0 Å². The third kappa shape index (κ3) is 4.02. The van der Waals surface area contributed by atoms with Crippen molar-refractivity contribution in [2.45, 2.75) is 20.4 Å². The molecule has 0 saturated heterocycles. The first-order chi connectivity index (χ1) is 14.2. The number of para-hydroxylation sites is 1. The lowest BCUT2D eigenvalue weighted by molar-refractivity contribution is -0.116. The number of rotatable bonds is 6. The van der Waals surface area contributed by atoms with E-state index in [0.717, 1.165) is 4.57 Å². The van der Waals surface area contributed by atoms with Crippen LogP contribution in [-0.4, -0.2) is 37.0 Å². The summed E-state index contributed by atoms with van der Waals surface area (Å²) in [6, 6.07) is 6.70. The van der Waals surface area contributed by atoms with E-state index in [1.165, 1.54) is 29.6 Å². The Balaban J connectivity index is 1.85. The number of carbonyl (C=O) groups is 2. The molecule has 30 heavy (non-hydrogen) atoms. The molecule has 10 nitrogen and oxygen atoms in total. The van der Waals surface area contributed by atoms with Gasteiger partial charge in [0.25, 0.3) is 11.5 Å². The van der Waals surface area contributed by atoms with Gasteiger partial charge in [0, 0.05) is 20.6 Å². The van der Waals surface area contributed by atoms with Crippen molar-refractivity contribution >= 4 is 28.7 Å². The van der Waals surface area contributed by atoms with Crippen molar-refractivity contribution in [1.29, 1.82) is 0 Å². The monoisotopic (exact) mass is 412 g/mol. The molecule has 0 aliphatic carbocycles. The molecule has 2 aromatic heterocycles. The predicted octanol–water partition coefficient (Wildman–Crippen LogP) is 0.458. The van der Waals surface area contributed by atoms with Crippen molar-refractivity contribution in [1.82, 2.24) is 24.0 Å². The van der Waals surface area contributed by atoms with E-state index < -0.39 is 17.2 Å². The Labute approximate surface area is 172 Å². The molecule has 0 aliphatic rings. The van der Waals surface area contributed by atoms with E-state index in [-0.39, 0.29) is 23.6 Å². The summed E-state index contributed by atoms with van der Waals surface area (Å²) in [6.07, 6.45) is 1.34. The van der Waals surface area contributed by atoms with Crippen LogP contribution in [0.4, 0.5) is 5.69 Å². The van der Waals surface area contributed by atoms with Gasteiger partial charge in [0.15, 0.2) is 11.2 Å². The number of nitrogens with one attached hydrogen (secondary N) is 2. The third-order valence-electron chi connectivity index (χ3n) is 4.65. The molecule has 2 amide bonds. The maximum absolute atomic E-state index is 12.6. The van der Waals surface area contributed by atoms with E-state index in [0.29, 0.717) is 23.7 Å². The highest BCUT2D eigenvalue weighted by molar-refractivity contribution is 6.03. The number of anilines is 1. The predicted molar refractivity (Wildman–Crippen MR) is 112 cm³/mol. The zero-order valence-corrected chi connectivity index (χ0v) is 17.3. The second kappa shape index (κ2) is 8.36. The van der Waals surface area contributed by atoms with Crippen LogP contribution in [0.15, 0.2) is 40.2 Å². The van der Waals surface area contributed by atoms with Gasteiger partial charge in [-0.3, -0.25) is 23.5 Å². The first kappa shape index (κ1) is 21.0. The minimum absolute atomic E-state index is 0.151. The molecule has 3 aromatic rings. The fraction of sp³-hybridized carbons (Fsp3) is 0.350. The summed E-state index contributed by atoms with van der Waals surface area (Å²) in [5.74, 6) is -0.422. The fourth-order valence-corrected chi connectivity index (χ4v) is 3.04. The minimum Gasteiger partial charge on any atom is -0.352 e. The quantitative estimate of drug-likeness (QED) is 0.609. The van der Waals surface area contributed by atoms with Crippen LogP contribution in [0, 0.1) is 5.92 Å². The molecule has 158 valence electrons. The Morgan fingerprint density at radius 1 is 1.10 bits per heavy atom. The molecule has 2 N–H and O–H groups in total. The van der Waals surface area contributed by atoms with E-state index in [1.54, 1.807) is 24.3 Å². The van der Waals surface area contributed by atoms with Crippen LogP contribution in [-0.2, 0) is 25.4 Å². The molecule has 0 fully saturated rings. The number of carbonyl (C=O) groups excluding carboxylic acids is 2. The second-order valence-electron chi connectivity index (χ2n) is 7.45. The molecule has 10 heteroatoms. The summed E-state index contributed by atoms with van der Waals surface area (Å²) in [6.45, 7) is 4.29.